The SMILES string of the molecule is CCC(C)c1ccc(NC(=S)Nc2ccn(Cc3ccc(Br)cc3)n2)cc1. The molecule has 2 aromatic carbocycles. The van der Waals surface area contributed by atoms with Gasteiger partial charge in [-0.1, -0.05) is 54.0 Å². The van der Waals surface area contributed by atoms with E-state index >= 15 is 0 Å². The molecule has 0 bridgehead atoms. The van der Waals surface area contributed by atoms with Crippen molar-refractivity contribution in [2.24, 2.45) is 0 Å². The van der Waals surface area contributed by atoms with Crippen molar-refractivity contribution in [2.75, 3.05) is 10.6 Å². The third-order valence-electron chi connectivity index (χ3n) is 4.49. The van der Waals surface area contributed by atoms with Gasteiger partial charge in [-0.15, -0.1) is 0 Å². The van der Waals surface area contributed by atoms with Crippen LogP contribution in [0.4, 0.5) is 11.5 Å². The number of nitrogens with one attached hydrogen (secondary N) is 2. The van der Waals surface area contributed by atoms with Gasteiger partial charge in [-0.25, -0.2) is 0 Å². The summed E-state index contributed by atoms with van der Waals surface area (Å²) in [5, 5.41) is 11.4. The first-order chi connectivity index (χ1) is 13.0. The molecule has 27 heavy (non-hydrogen) atoms. The van der Waals surface area contributed by atoms with Crippen LogP contribution in [0.15, 0.2) is 65.3 Å². The zero-order valence-electron chi connectivity index (χ0n) is 15.4. The quantitative estimate of drug-likeness (QED) is 0.458. The van der Waals surface area contributed by atoms with Crippen LogP contribution < -0.4 is 10.6 Å². The molecule has 140 valence electrons. The summed E-state index contributed by atoms with van der Waals surface area (Å²) in [5.41, 5.74) is 3.50. The van der Waals surface area contributed by atoms with Crippen LogP contribution in [-0.4, -0.2) is 14.9 Å². The van der Waals surface area contributed by atoms with E-state index in [0.717, 1.165) is 22.4 Å². The predicted molar refractivity (Wildman–Crippen MR) is 120 cm³/mol. The minimum Gasteiger partial charge on any atom is -0.332 e. The van der Waals surface area contributed by atoms with Gasteiger partial charge >= 0.3 is 0 Å². The number of nitrogens with zero attached hydrogens (tertiary/aromatic N) is 2. The molecule has 3 aromatic rings. The molecule has 1 atom stereocenters. The van der Waals surface area contributed by atoms with Crippen LogP contribution in [-0.2, 0) is 6.54 Å². The second kappa shape index (κ2) is 9.15. The van der Waals surface area contributed by atoms with Crippen LogP contribution >= 0.6 is 28.1 Å². The summed E-state index contributed by atoms with van der Waals surface area (Å²) < 4.78 is 2.96. The molecule has 1 aromatic heterocycles. The third kappa shape index (κ3) is 5.65. The second-order valence-corrected chi connectivity index (χ2v) is 7.86. The van der Waals surface area contributed by atoms with Gasteiger partial charge in [0.05, 0.1) is 6.54 Å². The van der Waals surface area contributed by atoms with Gasteiger partial charge < -0.3 is 10.6 Å². The van der Waals surface area contributed by atoms with E-state index in [0.29, 0.717) is 17.6 Å². The van der Waals surface area contributed by atoms with E-state index in [4.69, 9.17) is 12.2 Å². The molecule has 0 aliphatic heterocycles. The highest BCUT2D eigenvalue weighted by Gasteiger charge is 2.05. The fourth-order valence-electron chi connectivity index (χ4n) is 2.70. The average Bonchev–Trinajstić information content (AvgIpc) is 3.10. The van der Waals surface area contributed by atoms with Crippen LogP contribution in [0.1, 0.15) is 37.3 Å². The Hall–Kier alpha value is -2.18. The number of aromatic nitrogens is 2. The molecule has 1 unspecified atom stereocenters. The Morgan fingerprint density at radius 1 is 1.07 bits per heavy atom. The van der Waals surface area contributed by atoms with Gasteiger partial charge in [0.15, 0.2) is 10.9 Å². The van der Waals surface area contributed by atoms with E-state index in [2.05, 4.69) is 81.9 Å². The number of hydrogen-bond donors (Lipinski definition) is 2. The summed E-state index contributed by atoms with van der Waals surface area (Å²) in [5.74, 6) is 1.29. The summed E-state index contributed by atoms with van der Waals surface area (Å²) in [6, 6.07) is 18.5. The Bertz CT molecular complexity index is 887. The third-order valence-corrected chi connectivity index (χ3v) is 5.22. The molecule has 2 N–H and O–H groups in total. The normalized spacial score (nSPS) is 11.8. The molecule has 0 aliphatic carbocycles. The van der Waals surface area contributed by atoms with Crippen molar-refractivity contribution in [3.63, 3.8) is 0 Å². The van der Waals surface area contributed by atoms with Crippen LogP contribution in [0.25, 0.3) is 0 Å². The second-order valence-electron chi connectivity index (χ2n) is 6.54. The van der Waals surface area contributed by atoms with Crippen molar-refractivity contribution in [3.8, 4) is 0 Å². The maximum atomic E-state index is 5.40. The van der Waals surface area contributed by atoms with E-state index < -0.39 is 0 Å². The van der Waals surface area contributed by atoms with Gasteiger partial charge in [0.2, 0.25) is 0 Å². The monoisotopic (exact) mass is 442 g/mol. The van der Waals surface area contributed by atoms with Gasteiger partial charge in [0.25, 0.3) is 0 Å². The van der Waals surface area contributed by atoms with Gasteiger partial charge in [0, 0.05) is 22.4 Å². The lowest BCUT2D eigenvalue weighted by atomic mass is 9.99. The van der Waals surface area contributed by atoms with Crippen LogP contribution in [0, 0.1) is 0 Å². The number of hydrogen-bond acceptors (Lipinski definition) is 2. The number of rotatable bonds is 6. The van der Waals surface area contributed by atoms with Crippen molar-refractivity contribution in [2.45, 2.75) is 32.7 Å². The van der Waals surface area contributed by atoms with Crippen LogP contribution in [0.5, 0.6) is 0 Å². The number of benzene rings is 2. The van der Waals surface area contributed by atoms with Crippen molar-refractivity contribution >= 4 is 44.8 Å². The molecule has 0 fully saturated rings. The largest absolute Gasteiger partial charge is 0.332 e. The molecular formula is C21H23BrN4S. The van der Waals surface area contributed by atoms with E-state index in [9.17, 15) is 0 Å². The lowest BCUT2D eigenvalue weighted by Crippen LogP contribution is -2.19. The summed E-state index contributed by atoms with van der Waals surface area (Å²) in [4.78, 5) is 0. The number of halogens is 1. The highest BCUT2D eigenvalue weighted by Crippen LogP contribution is 2.20. The molecule has 0 saturated carbocycles. The van der Waals surface area contributed by atoms with E-state index in [1.807, 2.05) is 29.1 Å². The molecule has 0 radical (unpaired) electrons. The zero-order valence-corrected chi connectivity index (χ0v) is 17.8. The van der Waals surface area contributed by atoms with Crippen molar-refractivity contribution < 1.29 is 0 Å². The Morgan fingerprint density at radius 3 is 2.44 bits per heavy atom. The fourth-order valence-corrected chi connectivity index (χ4v) is 3.19. The predicted octanol–water partition coefficient (Wildman–Crippen LogP) is 6.02. The van der Waals surface area contributed by atoms with E-state index in [-0.39, 0.29) is 0 Å². The minimum absolute atomic E-state index is 0.528. The highest BCUT2D eigenvalue weighted by atomic mass is 79.9. The molecule has 6 heteroatoms. The summed E-state index contributed by atoms with van der Waals surface area (Å²) >= 11 is 8.85. The van der Waals surface area contributed by atoms with Gasteiger partial charge in [-0.3, -0.25) is 4.68 Å². The molecule has 1 heterocycles. The zero-order chi connectivity index (χ0) is 19.2. The van der Waals surface area contributed by atoms with E-state index in [1.54, 1.807) is 0 Å². The maximum absolute atomic E-state index is 5.40. The Kier molecular flexibility index (Phi) is 6.63. The minimum atomic E-state index is 0.528. The number of anilines is 2. The number of thiocarbonyl (C=S) groups is 1. The molecule has 3 rings (SSSR count). The lowest BCUT2D eigenvalue weighted by Gasteiger charge is -2.12. The molecule has 0 amide bonds. The van der Waals surface area contributed by atoms with E-state index in [1.165, 1.54) is 11.1 Å². The fraction of sp³-hybridized carbons (Fsp3) is 0.238. The Morgan fingerprint density at radius 2 is 1.78 bits per heavy atom. The van der Waals surface area contributed by atoms with Gasteiger partial charge in [0.1, 0.15) is 0 Å². The first-order valence-electron chi connectivity index (χ1n) is 8.99. The molecule has 0 saturated heterocycles. The molecule has 0 spiro atoms. The summed E-state index contributed by atoms with van der Waals surface area (Å²) in [6.07, 6.45) is 3.07. The van der Waals surface area contributed by atoms with Gasteiger partial charge in [-0.05, 0) is 59.9 Å². The first kappa shape index (κ1) is 19.6. The first-order valence-corrected chi connectivity index (χ1v) is 10.2. The lowest BCUT2D eigenvalue weighted by molar-refractivity contribution is 0.690. The average molecular weight is 443 g/mol. The smallest absolute Gasteiger partial charge is 0.176 e. The van der Waals surface area contributed by atoms with Crippen LogP contribution in [0.2, 0.25) is 0 Å². The molecule has 4 nitrogen and oxygen atoms in total. The topological polar surface area (TPSA) is 41.9 Å². The summed E-state index contributed by atoms with van der Waals surface area (Å²) in [6.45, 7) is 5.15. The van der Waals surface area contributed by atoms with Gasteiger partial charge in [-0.2, -0.15) is 5.10 Å². The van der Waals surface area contributed by atoms with Crippen molar-refractivity contribution in [3.05, 3.63) is 76.4 Å². The van der Waals surface area contributed by atoms with Crippen LogP contribution in [0.3, 0.4) is 0 Å². The molecular weight excluding hydrogens is 420 g/mol. The Balaban J connectivity index is 1.55. The Labute approximate surface area is 174 Å². The summed E-state index contributed by atoms with van der Waals surface area (Å²) in [7, 11) is 0. The highest BCUT2D eigenvalue weighted by molar-refractivity contribution is 9.10. The molecule has 0 aliphatic rings. The van der Waals surface area contributed by atoms with Crippen molar-refractivity contribution in [1.29, 1.82) is 0 Å². The van der Waals surface area contributed by atoms with Crippen molar-refractivity contribution in [1.82, 2.24) is 9.78 Å². The standard InChI is InChI=1S/C21H23BrN4S/c1-3-15(2)17-6-10-19(11-7-17)23-21(27)24-20-12-13-26(25-20)14-16-4-8-18(22)9-5-16/h4-13,15H,3,14H2,1-2H3,(H2,23,24,25,27). The maximum Gasteiger partial charge on any atom is 0.176 e.